The van der Waals surface area contributed by atoms with E-state index in [1.54, 1.807) is 0 Å². The third-order valence-electron chi connectivity index (χ3n) is 0.863. The van der Waals surface area contributed by atoms with E-state index >= 15 is 0 Å². The molecule has 0 radical (unpaired) electrons. The molecule has 3 heteroatoms. The maximum absolute atomic E-state index is 10.5. The molecule has 52 valence electrons. The van der Waals surface area contributed by atoms with Crippen molar-refractivity contribution in [3.63, 3.8) is 0 Å². The minimum atomic E-state index is -0.0513. The van der Waals surface area contributed by atoms with E-state index in [1.165, 1.54) is 0 Å². The number of carbonyl (C=O) groups is 2. The van der Waals surface area contributed by atoms with Crippen molar-refractivity contribution in [3.05, 3.63) is 0 Å². The Morgan fingerprint density at radius 1 is 1.67 bits per heavy atom. The second-order valence-electron chi connectivity index (χ2n) is 1.66. The van der Waals surface area contributed by atoms with Crippen LogP contribution in [0.5, 0.6) is 0 Å². The minimum absolute atomic E-state index is 0.0513. The summed E-state index contributed by atoms with van der Waals surface area (Å²) in [5.41, 5.74) is 0. The van der Waals surface area contributed by atoms with E-state index in [0.717, 1.165) is 6.29 Å². The number of hydrogen-bond acceptors (Lipinski definition) is 2. The predicted molar refractivity (Wildman–Crippen MR) is 34.0 cm³/mol. The van der Waals surface area contributed by atoms with E-state index in [0.29, 0.717) is 19.4 Å². The van der Waals surface area contributed by atoms with E-state index in [4.69, 9.17) is 0 Å². The Morgan fingerprint density at radius 3 is 2.78 bits per heavy atom. The summed E-state index contributed by atoms with van der Waals surface area (Å²) in [6.45, 7) is 2.48. The highest BCUT2D eigenvalue weighted by Crippen LogP contribution is 1.82. The monoisotopic (exact) mass is 129 g/mol. The Morgan fingerprint density at radius 2 is 2.33 bits per heavy atom. The fraction of sp³-hybridized carbons (Fsp3) is 0.667. The van der Waals surface area contributed by atoms with Crippen molar-refractivity contribution in [2.75, 3.05) is 6.54 Å². The molecule has 0 aliphatic heterocycles. The molecule has 0 fully saturated rings. The number of hydrogen-bond donors (Lipinski definition) is 1. The molecule has 0 aromatic rings. The van der Waals surface area contributed by atoms with Crippen molar-refractivity contribution >= 4 is 12.2 Å². The molecule has 1 N–H and O–H groups in total. The molecule has 0 aromatic heterocycles. The van der Waals surface area contributed by atoms with Gasteiger partial charge in [-0.25, -0.2) is 0 Å². The first-order valence-corrected chi connectivity index (χ1v) is 3.01. The van der Waals surface area contributed by atoms with E-state index in [-0.39, 0.29) is 5.91 Å². The first-order valence-electron chi connectivity index (χ1n) is 3.01. The summed E-state index contributed by atoms with van der Waals surface area (Å²) in [5, 5.41) is 2.58. The summed E-state index contributed by atoms with van der Waals surface area (Å²) in [6.07, 6.45) is 1.39. The van der Waals surface area contributed by atoms with Gasteiger partial charge in [0.15, 0.2) is 0 Å². The van der Waals surface area contributed by atoms with Crippen LogP contribution in [0.4, 0.5) is 0 Å². The molecule has 0 heterocycles. The first-order chi connectivity index (χ1) is 4.31. The molecule has 3 nitrogen and oxygen atoms in total. The van der Waals surface area contributed by atoms with E-state index < -0.39 is 0 Å². The third-order valence-corrected chi connectivity index (χ3v) is 0.863. The lowest BCUT2D eigenvalue weighted by molar-refractivity contribution is -0.122. The molecular formula is C6H11NO2. The van der Waals surface area contributed by atoms with Gasteiger partial charge in [-0.1, -0.05) is 0 Å². The molecule has 0 atom stereocenters. The molecule has 0 aliphatic rings. The number of aldehydes is 1. The smallest absolute Gasteiger partial charge is 0.220 e. The van der Waals surface area contributed by atoms with Crippen LogP contribution >= 0.6 is 0 Å². The van der Waals surface area contributed by atoms with Gasteiger partial charge in [-0.15, -0.1) is 0 Å². The predicted octanol–water partition coefficient (Wildman–Crippen LogP) is 0.102. The summed E-state index contributed by atoms with van der Waals surface area (Å²) in [6, 6.07) is 0. The van der Waals surface area contributed by atoms with Crippen LogP contribution in [0.2, 0.25) is 0 Å². The Kier molecular flexibility index (Phi) is 4.78. The SMILES string of the molecule is CCNC(=O)CCC=O. The molecular weight excluding hydrogens is 118 g/mol. The van der Waals surface area contributed by atoms with Crippen LogP contribution in [0.25, 0.3) is 0 Å². The average Bonchev–Trinajstić information content (AvgIpc) is 1.85. The van der Waals surface area contributed by atoms with Crippen molar-refractivity contribution in [2.24, 2.45) is 0 Å². The number of nitrogens with one attached hydrogen (secondary N) is 1. The molecule has 0 aromatic carbocycles. The summed E-state index contributed by atoms with van der Waals surface area (Å²) in [4.78, 5) is 20.3. The topological polar surface area (TPSA) is 46.2 Å². The van der Waals surface area contributed by atoms with Crippen LogP contribution in [-0.4, -0.2) is 18.7 Å². The van der Waals surface area contributed by atoms with Gasteiger partial charge in [0.1, 0.15) is 6.29 Å². The normalized spacial score (nSPS) is 8.56. The van der Waals surface area contributed by atoms with E-state index in [9.17, 15) is 9.59 Å². The fourth-order valence-electron chi connectivity index (χ4n) is 0.476. The molecule has 0 bridgehead atoms. The van der Waals surface area contributed by atoms with Gasteiger partial charge in [-0.2, -0.15) is 0 Å². The largest absolute Gasteiger partial charge is 0.356 e. The zero-order chi connectivity index (χ0) is 7.11. The Bertz CT molecular complexity index is 101. The number of rotatable bonds is 4. The molecule has 0 saturated heterocycles. The van der Waals surface area contributed by atoms with Gasteiger partial charge in [0, 0.05) is 19.4 Å². The first kappa shape index (κ1) is 8.14. The second-order valence-corrected chi connectivity index (χ2v) is 1.66. The molecule has 0 unspecified atom stereocenters. The summed E-state index contributed by atoms with van der Waals surface area (Å²) >= 11 is 0. The summed E-state index contributed by atoms with van der Waals surface area (Å²) in [7, 11) is 0. The molecule has 9 heavy (non-hydrogen) atoms. The summed E-state index contributed by atoms with van der Waals surface area (Å²) < 4.78 is 0. The number of carbonyl (C=O) groups excluding carboxylic acids is 2. The fourth-order valence-corrected chi connectivity index (χ4v) is 0.476. The second kappa shape index (κ2) is 5.28. The van der Waals surface area contributed by atoms with Crippen LogP contribution in [-0.2, 0) is 9.59 Å². The van der Waals surface area contributed by atoms with Crippen molar-refractivity contribution in [3.8, 4) is 0 Å². The van der Waals surface area contributed by atoms with Gasteiger partial charge >= 0.3 is 0 Å². The van der Waals surface area contributed by atoms with Crippen molar-refractivity contribution in [2.45, 2.75) is 19.8 Å². The quantitative estimate of drug-likeness (QED) is 0.547. The standard InChI is InChI=1S/C6H11NO2/c1-2-7-6(9)4-3-5-8/h5H,2-4H2,1H3,(H,7,9). The molecule has 0 rings (SSSR count). The van der Waals surface area contributed by atoms with Gasteiger partial charge < -0.3 is 10.1 Å². The van der Waals surface area contributed by atoms with Gasteiger partial charge in [0.05, 0.1) is 0 Å². The molecule has 0 aliphatic carbocycles. The highest BCUT2D eigenvalue weighted by molar-refractivity contribution is 5.77. The van der Waals surface area contributed by atoms with Gasteiger partial charge in [-0.05, 0) is 6.92 Å². The van der Waals surface area contributed by atoms with E-state index in [2.05, 4.69) is 5.32 Å². The lowest BCUT2D eigenvalue weighted by Crippen LogP contribution is -2.22. The lowest BCUT2D eigenvalue weighted by Gasteiger charge is -1.96. The zero-order valence-corrected chi connectivity index (χ0v) is 5.52. The van der Waals surface area contributed by atoms with Crippen molar-refractivity contribution < 1.29 is 9.59 Å². The van der Waals surface area contributed by atoms with E-state index in [1.807, 2.05) is 6.92 Å². The average molecular weight is 129 g/mol. The van der Waals surface area contributed by atoms with Crippen LogP contribution in [0.3, 0.4) is 0 Å². The Labute approximate surface area is 54.4 Å². The maximum atomic E-state index is 10.5. The van der Waals surface area contributed by atoms with Gasteiger partial charge in [0.25, 0.3) is 0 Å². The number of amides is 1. The molecule has 0 spiro atoms. The minimum Gasteiger partial charge on any atom is -0.356 e. The Hall–Kier alpha value is -0.860. The maximum Gasteiger partial charge on any atom is 0.220 e. The zero-order valence-electron chi connectivity index (χ0n) is 5.52. The van der Waals surface area contributed by atoms with Crippen LogP contribution in [0.1, 0.15) is 19.8 Å². The van der Waals surface area contributed by atoms with Crippen LogP contribution < -0.4 is 5.32 Å². The third kappa shape index (κ3) is 5.00. The highest BCUT2D eigenvalue weighted by atomic mass is 16.1. The van der Waals surface area contributed by atoms with Crippen LogP contribution in [0, 0.1) is 0 Å². The van der Waals surface area contributed by atoms with Crippen molar-refractivity contribution in [1.29, 1.82) is 0 Å². The van der Waals surface area contributed by atoms with Gasteiger partial charge in [-0.3, -0.25) is 4.79 Å². The Balaban J connectivity index is 3.16. The van der Waals surface area contributed by atoms with Gasteiger partial charge in [0.2, 0.25) is 5.91 Å². The highest BCUT2D eigenvalue weighted by Gasteiger charge is 1.95. The lowest BCUT2D eigenvalue weighted by atomic mass is 10.3. The molecule has 1 amide bonds. The summed E-state index contributed by atoms with van der Waals surface area (Å²) in [5.74, 6) is -0.0513. The van der Waals surface area contributed by atoms with Crippen molar-refractivity contribution in [1.82, 2.24) is 5.32 Å². The molecule has 0 saturated carbocycles. The van der Waals surface area contributed by atoms with Crippen LogP contribution in [0.15, 0.2) is 0 Å².